The number of rotatable bonds is 3. The molecule has 120 valence electrons. The van der Waals surface area contributed by atoms with Crippen molar-refractivity contribution in [2.24, 2.45) is 14.1 Å². The monoisotopic (exact) mass is 332 g/mol. The highest BCUT2D eigenvalue weighted by Gasteiger charge is 2.29. The van der Waals surface area contributed by atoms with Crippen LogP contribution >= 0.6 is 11.8 Å². The minimum Gasteiger partial charge on any atom is -0.458 e. The van der Waals surface area contributed by atoms with Crippen LogP contribution in [0.3, 0.4) is 0 Å². The number of nitrogens with zero attached hydrogens (tertiary/aromatic N) is 2. The summed E-state index contributed by atoms with van der Waals surface area (Å²) in [6.07, 6.45) is 0.634. The van der Waals surface area contributed by atoms with Gasteiger partial charge >= 0.3 is 11.7 Å². The van der Waals surface area contributed by atoms with Gasteiger partial charge in [-0.1, -0.05) is 18.2 Å². The fraction of sp³-hybridized carbons (Fsp3) is 0.312. The van der Waals surface area contributed by atoms with E-state index in [-0.39, 0.29) is 17.8 Å². The average Bonchev–Trinajstić information content (AvgIpc) is 2.99. The van der Waals surface area contributed by atoms with Gasteiger partial charge in [0.05, 0.1) is 5.69 Å². The summed E-state index contributed by atoms with van der Waals surface area (Å²) in [6, 6.07) is 9.18. The molecule has 1 unspecified atom stereocenters. The molecular formula is C16H16N2O4S. The zero-order chi connectivity index (χ0) is 16.6. The van der Waals surface area contributed by atoms with E-state index >= 15 is 0 Å². The molecule has 0 N–H and O–H groups in total. The number of aromatic nitrogens is 2. The van der Waals surface area contributed by atoms with Crippen LogP contribution in [0.25, 0.3) is 0 Å². The van der Waals surface area contributed by atoms with E-state index in [4.69, 9.17) is 4.74 Å². The molecular weight excluding hydrogens is 316 g/mol. The Balaban J connectivity index is 1.69. The van der Waals surface area contributed by atoms with Crippen molar-refractivity contribution in [1.82, 2.24) is 9.13 Å². The standard InChI is InChI=1S/C16H16N2O4S/c1-17-11(8-14(19)18(2)16(17)21)9-22-15(20)13-7-10-5-3-4-6-12(10)23-13/h3-6,8,13H,7,9H2,1-2H3. The van der Waals surface area contributed by atoms with Gasteiger partial charge in [-0.15, -0.1) is 11.8 Å². The predicted molar refractivity (Wildman–Crippen MR) is 86.5 cm³/mol. The second-order valence-electron chi connectivity index (χ2n) is 5.40. The minimum absolute atomic E-state index is 0.0892. The van der Waals surface area contributed by atoms with E-state index in [2.05, 4.69) is 0 Å². The third-order valence-corrected chi connectivity index (χ3v) is 5.19. The van der Waals surface area contributed by atoms with E-state index in [1.165, 1.54) is 29.4 Å². The SMILES string of the molecule is Cn1c(COC(=O)C2Cc3ccccc3S2)cc(=O)n(C)c1=O. The number of fused-ring (bicyclic) bond motifs is 1. The zero-order valence-corrected chi connectivity index (χ0v) is 13.6. The first-order chi connectivity index (χ1) is 11.0. The molecule has 3 rings (SSSR count). The van der Waals surface area contributed by atoms with Crippen LogP contribution in [0.2, 0.25) is 0 Å². The molecule has 0 spiro atoms. The highest BCUT2D eigenvalue weighted by Crippen LogP contribution is 2.37. The number of hydrogen-bond donors (Lipinski definition) is 0. The molecule has 0 aliphatic carbocycles. The molecule has 1 aliphatic rings. The third-order valence-electron chi connectivity index (χ3n) is 3.90. The summed E-state index contributed by atoms with van der Waals surface area (Å²) < 4.78 is 7.63. The van der Waals surface area contributed by atoms with Gasteiger partial charge in [0.2, 0.25) is 0 Å². The van der Waals surface area contributed by atoms with E-state index in [1.807, 2.05) is 24.3 Å². The van der Waals surface area contributed by atoms with Crippen LogP contribution in [0.4, 0.5) is 0 Å². The second kappa shape index (κ2) is 6.08. The first-order valence-corrected chi connectivity index (χ1v) is 8.02. The van der Waals surface area contributed by atoms with Crippen molar-refractivity contribution in [3.63, 3.8) is 0 Å². The lowest BCUT2D eigenvalue weighted by Crippen LogP contribution is -2.38. The van der Waals surface area contributed by atoms with E-state index in [0.29, 0.717) is 12.1 Å². The van der Waals surface area contributed by atoms with Gasteiger partial charge in [-0.2, -0.15) is 0 Å². The van der Waals surface area contributed by atoms with Crippen molar-refractivity contribution < 1.29 is 9.53 Å². The van der Waals surface area contributed by atoms with Gasteiger partial charge in [-0.05, 0) is 18.1 Å². The quantitative estimate of drug-likeness (QED) is 0.779. The maximum atomic E-state index is 12.2. The first kappa shape index (κ1) is 15.6. The molecule has 6 nitrogen and oxygen atoms in total. The van der Waals surface area contributed by atoms with Crippen molar-refractivity contribution in [3.05, 3.63) is 62.4 Å². The van der Waals surface area contributed by atoms with Crippen molar-refractivity contribution >= 4 is 17.7 Å². The topological polar surface area (TPSA) is 70.3 Å². The van der Waals surface area contributed by atoms with Gasteiger partial charge in [0.25, 0.3) is 5.56 Å². The first-order valence-electron chi connectivity index (χ1n) is 7.14. The number of thioether (sulfide) groups is 1. The average molecular weight is 332 g/mol. The Morgan fingerprint density at radius 3 is 2.74 bits per heavy atom. The van der Waals surface area contributed by atoms with Gasteiger partial charge in [0.1, 0.15) is 11.9 Å². The van der Waals surface area contributed by atoms with Crippen LogP contribution in [0, 0.1) is 0 Å². The number of carbonyl (C=O) groups is 1. The molecule has 0 saturated heterocycles. The van der Waals surface area contributed by atoms with Crippen LogP contribution < -0.4 is 11.2 Å². The minimum atomic E-state index is -0.439. The molecule has 1 aromatic heterocycles. The van der Waals surface area contributed by atoms with E-state index in [1.54, 1.807) is 7.05 Å². The number of esters is 1. The largest absolute Gasteiger partial charge is 0.458 e. The molecule has 1 aliphatic heterocycles. The summed E-state index contributed by atoms with van der Waals surface area (Å²) in [5.74, 6) is -0.334. The molecule has 0 fully saturated rings. The van der Waals surface area contributed by atoms with Gasteiger partial charge < -0.3 is 4.74 Å². The number of carbonyl (C=O) groups excluding carboxylic acids is 1. The normalized spacial score (nSPS) is 16.2. The highest BCUT2D eigenvalue weighted by molar-refractivity contribution is 8.01. The number of ether oxygens (including phenoxy) is 1. The van der Waals surface area contributed by atoms with E-state index in [9.17, 15) is 14.4 Å². The Labute approximate surface area is 136 Å². The lowest BCUT2D eigenvalue weighted by atomic mass is 10.1. The number of hydrogen-bond acceptors (Lipinski definition) is 5. The highest BCUT2D eigenvalue weighted by atomic mass is 32.2. The summed E-state index contributed by atoms with van der Waals surface area (Å²) in [4.78, 5) is 36.8. The molecule has 1 atom stereocenters. The summed E-state index contributed by atoms with van der Waals surface area (Å²) >= 11 is 1.48. The summed E-state index contributed by atoms with van der Waals surface area (Å²) in [5.41, 5.74) is 0.667. The smallest absolute Gasteiger partial charge is 0.330 e. The maximum absolute atomic E-state index is 12.2. The molecule has 23 heavy (non-hydrogen) atoms. The molecule has 7 heteroatoms. The molecule has 2 aromatic rings. The van der Waals surface area contributed by atoms with Gasteiger partial charge in [-0.3, -0.25) is 18.7 Å². The molecule has 0 amide bonds. The van der Waals surface area contributed by atoms with Crippen LogP contribution in [0.15, 0.2) is 44.8 Å². The summed E-state index contributed by atoms with van der Waals surface area (Å²) in [5, 5.41) is -0.282. The van der Waals surface area contributed by atoms with Gasteiger partial charge in [0, 0.05) is 25.1 Å². The predicted octanol–water partition coefficient (Wildman–Crippen LogP) is 0.844. The fourth-order valence-electron chi connectivity index (χ4n) is 2.47. The van der Waals surface area contributed by atoms with Crippen LogP contribution in [0.1, 0.15) is 11.3 Å². The molecule has 0 bridgehead atoms. The lowest BCUT2D eigenvalue weighted by molar-refractivity contribution is -0.144. The van der Waals surface area contributed by atoms with E-state index < -0.39 is 11.2 Å². The summed E-state index contributed by atoms with van der Waals surface area (Å²) in [7, 11) is 2.96. The van der Waals surface area contributed by atoms with Gasteiger partial charge in [-0.25, -0.2) is 4.79 Å². The van der Waals surface area contributed by atoms with Crippen LogP contribution in [-0.4, -0.2) is 20.4 Å². The molecule has 2 heterocycles. The molecule has 1 aromatic carbocycles. The van der Waals surface area contributed by atoms with Crippen molar-refractivity contribution in [1.29, 1.82) is 0 Å². The van der Waals surface area contributed by atoms with Crippen molar-refractivity contribution in [2.75, 3.05) is 0 Å². The Bertz CT molecular complexity index is 859. The number of benzene rings is 1. The fourth-order valence-corrected chi connectivity index (χ4v) is 3.66. The third kappa shape index (κ3) is 2.96. The Kier molecular flexibility index (Phi) is 4.12. The van der Waals surface area contributed by atoms with Crippen molar-refractivity contribution in [3.8, 4) is 0 Å². The van der Waals surface area contributed by atoms with Gasteiger partial charge in [0.15, 0.2) is 0 Å². The molecule has 0 radical (unpaired) electrons. The van der Waals surface area contributed by atoms with Crippen LogP contribution in [-0.2, 0) is 36.7 Å². The maximum Gasteiger partial charge on any atom is 0.330 e. The van der Waals surface area contributed by atoms with Crippen LogP contribution in [0.5, 0.6) is 0 Å². The second-order valence-corrected chi connectivity index (χ2v) is 6.65. The lowest BCUT2D eigenvalue weighted by Gasteiger charge is -2.12. The van der Waals surface area contributed by atoms with E-state index in [0.717, 1.165) is 15.0 Å². The Hall–Kier alpha value is -2.28. The Morgan fingerprint density at radius 1 is 1.26 bits per heavy atom. The Morgan fingerprint density at radius 2 is 2.00 bits per heavy atom. The van der Waals surface area contributed by atoms with Crippen molar-refractivity contribution in [2.45, 2.75) is 23.2 Å². The summed E-state index contributed by atoms with van der Waals surface area (Å²) in [6.45, 7) is -0.0892. The molecule has 0 saturated carbocycles. The zero-order valence-electron chi connectivity index (χ0n) is 12.8.